The maximum absolute atomic E-state index is 14.2. The van der Waals surface area contributed by atoms with Crippen molar-refractivity contribution in [3.63, 3.8) is 0 Å². The van der Waals surface area contributed by atoms with Crippen LogP contribution in [0.2, 0.25) is 0 Å². The van der Waals surface area contributed by atoms with Gasteiger partial charge in [-0.2, -0.15) is 8.78 Å². The summed E-state index contributed by atoms with van der Waals surface area (Å²) in [6, 6.07) is 9.76. The third kappa shape index (κ3) is 3.07. The fraction of sp³-hybridized carbons (Fsp3) is 0.250. The van der Waals surface area contributed by atoms with Crippen LogP contribution in [0.4, 0.5) is 8.78 Å². The average molecular weight is 291 g/mol. The van der Waals surface area contributed by atoms with Crippen molar-refractivity contribution in [3.05, 3.63) is 53.7 Å². The van der Waals surface area contributed by atoms with Gasteiger partial charge < -0.3 is 4.74 Å². The summed E-state index contributed by atoms with van der Waals surface area (Å²) in [4.78, 5) is 15.6. The van der Waals surface area contributed by atoms with Gasteiger partial charge in [0.1, 0.15) is 0 Å². The average Bonchev–Trinajstić information content (AvgIpc) is 2.48. The summed E-state index contributed by atoms with van der Waals surface area (Å²) in [6.45, 7) is 2.93. The molecule has 3 nitrogen and oxygen atoms in total. The summed E-state index contributed by atoms with van der Waals surface area (Å²) >= 11 is 0. The molecular formula is C16H15F2NO2. The molecule has 0 N–H and O–H groups in total. The SMILES string of the molecule is CCOC(=O)C(F)(F)c1cc(-c2ccccn2)ccc1C. The lowest BCUT2D eigenvalue weighted by atomic mass is 9.98. The number of halogens is 2. The van der Waals surface area contributed by atoms with Crippen LogP contribution in [-0.2, 0) is 15.5 Å². The highest BCUT2D eigenvalue weighted by Gasteiger charge is 2.43. The van der Waals surface area contributed by atoms with Gasteiger partial charge in [0.15, 0.2) is 0 Å². The quantitative estimate of drug-likeness (QED) is 0.806. The topological polar surface area (TPSA) is 39.2 Å². The number of carbonyl (C=O) groups is 1. The molecule has 2 rings (SSSR count). The van der Waals surface area contributed by atoms with Crippen molar-refractivity contribution in [2.75, 3.05) is 6.61 Å². The van der Waals surface area contributed by atoms with Crippen LogP contribution in [0.25, 0.3) is 11.3 Å². The van der Waals surface area contributed by atoms with E-state index in [9.17, 15) is 13.6 Å². The van der Waals surface area contributed by atoms with Crippen LogP contribution in [0.15, 0.2) is 42.6 Å². The van der Waals surface area contributed by atoms with Crippen LogP contribution in [0.1, 0.15) is 18.1 Å². The number of alkyl halides is 2. The highest BCUT2D eigenvalue weighted by Crippen LogP contribution is 2.34. The molecule has 2 aromatic rings. The van der Waals surface area contributed by atoms with E-state index in [1.807, 2.05) is 0 Å². The molecule has 110 valence electrons. The van der Waals surface area contributed by atoms with Crippen LogP contribution in [-0.4, -0.2) is 17.6 Å². The van der Waals surface area contributed by atoms with E-state index in [1.54, 1.807) is 36.5 Å². The number of aryl methyl sites for hydroxylation is 1. The fourth-order valence-corrected chi connectivity index (χ4v) is 1.98. The van der Waals surface area contributed by atoms with Crippen molar-refractivity contribution in [1.82, 2.24) is 4.98 Å². The maximum Gasteiger partial charge on any atom is 0.381 e. The molecule has 0 fully saturated rings. The number of hydrogen-bond acceptors (Lipinski definition) is 3. The molecule has 0 aliphatic carbocycles. The van der Waals surface area contributed by atoms with Gasteiger partial charge in [0.05, 0.1) is 12.3 Å². The van der Waals surface area contributed by atoms with Crippen molar-refractivity contribution >= 4 is 5.97 Å². The Balaban J connectivity index is 2.47. The van der Waals surface area contributed by atoms with Crippen molar-refractivity contribution in [3.8, 4) is 11.3 Å². The number of ether oxygens (including phenoxy) is 1. The molecule has 21 heavy (non-hydrogen) atoms. The second-order valence-corrected chi connectivity index (χ2v) is 4.54. The Morgan fingerprint density at radius 1 is 1.29 bits per heavy atom. The minimum absolute atomic E-state index is 0.0899. The number of nitrogens with zero attached hydrogens (tertiary/aromatic N) is 1. The molecule has 1 aromatic heterocycles. The van der Waals surface area contributed by atoms with Gasteiger partial charge >= 0.3 is 11.9 Å². The van der Waals surface area contributed by atoms with E-state index >= 15 is 0 Å². The standard InChI is InChI=1S/C16H15F2NO2/c1-3-21-15(20)16(17,18)13-10-12(8-7-11(13)2)14-6-4-5-9-19-14/h4-10H,3H2,1-2H3. The van der Waals surface area contributed by atoms with Crippen molar-refractivity contribution in [2.24, 2.45) is 0 Å². The molecule has 0 aliphatic rings. The van der Waals surface area contributed by atoms with Gasteiger partial charge in [-0.05, 0) is 37.6 Å². The van der Waals surface area contributed by atoms with Gasteiger partial charge in [0.25, 0.3) is 0 Å². The lowest BCUT2D eigenvalue weighted by Crippen LogP contribution is -2.29. The number of rotatable bonds is 4. The summed E-state index contributed by atoms with van der Waals surface area (Å²) in [5.74, 6) is -5.21. The molecule has 0 atom stereocenters. The Hall–Kier alpha value is -2.30. The Kier molecular flexibility index (Phi) is 4.31. The summed E-state index contributed by atoms with van der Waals surface area (Å²) in [6.07, 6.45) is 1.58. The Bertz CT molecular complexity index is 642. The van der Waals surface area contributed by atoms with Gasteiger partial charge in [-0.25, -0.2) is 4.79 Å². The first-order chi connectivity index (χ1) is 9.96. The lowest BCUT2D eigenvalue weighted by Gasteiger charge is -2.18. The molecule has 0 radical (unpaired) electrons. The second kappa shape index (κ2) is 5.99. The van der Waals surface area contributed by atoms with Crippen molar-refractivity contribution in [1.29, 1.82) is 0 Å². The molecular weight excluding hydrogens is 276 g/mol. The van der Waals surface area contributed by atoms with Gasteiger partial charge in [-0.1, -0.05) is 18.2 Å². The molecule has 0 aliphatic heterocycles. The maximum atomic E-state index is 14.2. The number of benzene rings is 1. The van der Waals surface area contributed by atoms with E-state index in [1.165, 1.54) is 19.9 Å². The summed E-state index contributed by atoms with van der Waals surface area (Å²) in [5.41, 5.74) is 1.07. The van der Waals surface area contributed by atoms with E-state index in [0.717, 1.165) is 0 Å². The van der Waals surface area contributed by atoms with Crippen LogP contribution in [0.5, 0.6) is 0 Å². The molecule has 1 aromatic carbocycles. The van der Waals surface area contributed by atoms with Crippen molar-refractivity contribution < 1.29 is 18.3 Å². The van der Waals surface area contributed by atoms with Gasteiger partial charge in [-0.15, -0.1) is 0 Å². The predicted molar refractivity (Wildman–Crippen MR) is 74.9 cm³/mol. The molecule has 1 heterocycles. The number of esters is 1. The molecule has 5 heteroatoms. The molecule has 0 amide bonds. The van der Waals surface area contributed by atoms with Crippen molar-refractivity contribution in [2.45, 2.75) is 19.8 Å². The van der Waals surface area contributed by atoms with Crippen LogP contribution in [0.3, 0.4) is 0 Å². The zero-order chi connectivity index (χ0) is 15.5. The summed E-state index contributed by atoms with van der Waals surface area (Å²) in [5, 5.41) is 0. The Morgan fingerprint density at radius 2 is 2.05 bits per heavy atom. The number of hydrogen-bond donors (Lipinski definition) is 0. The first-order valence-corrected chi connectivity index (χ1v) is 6.54. The normalized spacial score (nSPS) is 11.2. The minimum atomic E-state index is -3.68. The fourth-order valence-electron chi connectivity index (χ4n) is 1.98. The molecule has 0 bridgehead atoms. The zero-order valence-electron chi connectivity index (χ0n) is 11.8. The van der Waals surface area contributed by atoms with Crippen LogP contribution < -0.4 is 0 Å². The van der Waals surface area contributed by atoms with Crippen LogP contribution in [0, 0.1) is 6.92 Å². The highest BCUT2D eigenvalue weighted by atomic mass is 19.3. The molecule has 0 saturated heterocycles. The highest BCUT2D eigenvalue weighted by molar-refractivity contribution is 5.80. The third-order valence-electron chi connectivity index (χ3n) is 3.07. The van der Waals surface area contributed by atoms with Gasteiger partial charge in [0.2, 0.25) is 0 Å². The van der Waals surface area contributed by atoms with Gasteiger partial charge in [0, 0.05) is 17.3 Å². The lowest BCUT2D eigenvalue weighted by molar-refractivity contribution is -0.173. The van der Waals surface area contributed by atoms with E-state index in [-0.39, 0.29) is 12.2 Å². The summed E-state index contributed by atoms with van der Waals surface area (Å²) < 4.78 is 32.9. The second-order valence-electron chi connectivity index (χ2n) is 4.54. The molecule has 0 spiro atoms. The van der Waals surface area contributed by atoms with E-state index < -0.39 is 11.9 Å². The Labute approximate surface area is 121 Å². The number of carbonyl (C=O) groups excluding carboxylic acids is 1. The monoisotopic (exact) mass is 291 g/mol. The van der Waals surface area contributed by atoms with E-state index in [2.05, 4.69) is 9.72 Å². The predicted octanol–water partition coefficient (Wildman–Crippen LogP) is 3.71. The van der Waals surface area contributed by atoms with E-state index in [0.29, 0.717) is 16.8 Å². The third-order valence-corrected chi connectivity index (χ3v) is 3.07. The smallest absolute Gasteiger partial charge is 0.381 e. The van der Waals surface area contributed by atoms with E-state index in [4.69, 9.17) is 0 Å². The molecule has 0 unspecified atom stereocenters. The largest absolute Gasteiger partial charge is 0.461 e. The number of pyridine rings is 1. The van der Waals surface area contributed by atoms with Gasteiger partial charge in [-0.3, -0.25) is 4.98 Å². The number of aromatic nitrogens is 1. The van der Waals surface area contributed by atoms with Crippen LogP contribution >= 0.6 is 0 Å². The Morgan fingerprint density at radius 3 is 2.67 bits per heavy atom. The summed E-state index contributed by atoms with van der Waals surface area (Å²) in [7, 11) is 0. The zero-order valence-corrected chi connectivity index (χ0v) is 11.8. The minimum Gasteiger partial charge on any atom is -0.461 e. The molecule has 0 saturated carbocycles. The first-order valence-electron chi connectivity index (χ1n) is 6.54. The first kappa shape index (κ1) is 15.1.